The second-order valence-electron chi connectivity index (χ2n) is 10.9. The van der Waals surface area contributed by atoms with Crippen LogP contribution < -0.4 is 0 Å². The van der Waals surface area contributed by atoms with Gasteiger partial charge in [0.1, 0.15) is 5.76 Å². The Kier molecular flexibility index (Phi) is 5.94. The normalized spacial score (nSPS) is 31.8. The van der Waals surface area contributed by atoms with Crippen LogP contribution in [0, 0.1) is 29.6 Å². The number of fused-ring (bicyclic) bond motifs is 4. The Balaban J connectivity index is 1.63. The van der Waals surface area contributed by atoms with Crippen LogP contribution in [0.1, 0.15) is 36.9 Å². The summed E-state index contributed by atoms with van der Waals surface area (Å²) in [5.41, 5.74) is 2.40. The monoisotopic (exact) mass is 531 g/mol. The Morgan fingerprint density at radius 2 is 1.29 bits per heavy atom. The van der Waals surface area contributed by atoms with Crippen molar-refractivity contribution in [3.05, 3.63) is 114 Å². The van der Waals surface area contributed by atoms with E-state index in [1.165, 1.54) is 11.4 Å². The molecule has 1 aliphatic heterocycles. The number of methoxy groups -OCH3 is 1. The minimum absolute atomic E-state index is 0.136. The number of hydrogen-bond acceptors (Lipinski definition) is 5. The van der Waals surface area contributed by atoms with Crippen molar-refractivity contribution in [2.45, 2.75) is 36.5 Å². The number of allylic oxidation sites excluding steroid dienone is 1. The number of sulfonamides is 1. The van der Waals surface area contributed by atoms with Crippen LogP contribution in [0.3, 0.4) is 0 Å². The van der Waals surface area contributed by atoms with Gasteiger partial charge in [-0.15, -0.1) is 0 Å². The molecule has 0 spiro atoms. The van der Waals surface area contributed by atoms with Crippen LogP contribution in [0.15, 0.2) is 107 Å². The quantitative estimate of drug-likeness (QED) is 0.457. The average Bonchev–Trinajstić information content (AvgIpc) is 3.28. The predicted molar refractivity (Wildman–Crippen MR) is 144 cm³/mol. The first kappa shape index (κ1) is 25.2. The van der Waals surface area contributed by atoms with Gasteiger partial charge in [-0.1, -0.05) is 92.7 Å². The van der Waals surface area contributed by atoms with Crippen molar-refractivity contribution in [1.82, 2.24) is 4.31 Å². The number of nitrogens with zero attached hydrogens (tertiary/aromatic N) is 1. The van der Waals surface area contributed by atoms with Gasteiger partial charge in [-0.25, -0.2) is 8.42 Å². The number of rotatable bonds is 5. The van der Waals surface area contributed by atoms with E-state index in [1.54, 1.807) is 30.3 Å². The fourth-order valence-electron chi connectivity index (χ4n) is 7.69. The van der Waals surface area contributed by atoms with E-state index >= 15 is 0 Å². The standard InChI is InChI=1S/C31H33NO5S/c1-19-24(21-13-7-4-8-14-21)27-30(37-3)29-25(26(19)31(27,33)34)20(2)28(22-15-9-5-10-16-22)32(29)38(35,36)23-17-11-6-12-18-23/h4-20,24-28,33-34H,1-3H3/t19?,20?,24?,25?,26?,27?,28-/m0/s1. The Hall–Kier alpha value is -3.13. The summed E-state index contributed by atoms with van der Waals surface area (Å²) in [5, 5.41) is 23.6. The lowest BCUT2D eigenvalue weighted by atomic mass is 9.70. The highest BCUT2D eigenvalue weighted by molar-refractivity contribution is 7.89. The van der Waals surface area contributed by atoms with Gasteiger partial charge in [0.15, 0.2) is 5.79 Å². The molecule has 3 aliphatic rings. The third kappa shape index (κ3) is 3.42. The molecule has 7 heteroatoms. The fourth-order valence-corrected chi connectivity index (χ4v) is 9.51. The summed E-state index contributed by atoms with van der Waals surface area (Å²) in [7, 11) is -2.50. The molecule has 0 radical (unpaired) electrons. The molecule has 6 nitrogen and oxygen atoms in total. The molecule has 2 aliphatic carbocycles. The molecule has 3 aromatic carbocycles. The number of benzene rings is 3. The van der Waals surface area contributed by atoms with E-state index in [1.807, 2.05) is 67.6 Å². The Morgan fingerprint density at radius 3 is 1.84 bits per heavy atom. The SMILES string of the molecule is COC1=C2C(C(C)[C@@H](c3ccccc3)N2S(=O)(=O)c2ccccc2)C2C(C)C(c3ccccc3)C1C2(O)O. The van der Waals surface area contributed by atoms with E-state index < -0.39 is 39.6 Å². The van der Waals surface area contributed by atoms with Crippen LogP contribution in [0.5, 0.6) is 0 Å². The molecule has 2 bridgehead atoms. The van der Waals surface area contributed by atoms with E-state index in [2.05, 4.69) is 6.92 Å². The summed E-state index contributed by atoms with van der Waals surface area (Å²) in [6.07, 6.45) is 0. The van der Waals surface area contributed by atoms with Gasteiger partial charge in [0.2, 0.25) is 0 Å². The molecular formula is C31H33NO5S. The third-order valence-corrected chi connectivity index (χ3v) is 10.9. The average molecular weight is 532 g/mol. The van der Waals surface area contributed by atoms with Crippen molar-refractivity contribution in [3.63, 3.8) is 0 Å². The lowest BCUT2D eigenvalue weighted by molar-refractivity contribution is -0.233. The van der Waals surface area contributed by atoms with Gasteiger partial charge in [0, 0.05) is 17.8 Å². The molecule has 1 saturated carbocycles. The largest absolute Gasteiger partial charge is 0.499 e. The van der Waals surface area contributed by atoms with Crippen LogP contribution in [0.2, 0.25) is 0 Å². The van der Waals surface area contributed by atoms with E-state index in [0.29, 0.717) is 11.5 Å². The van der Waals surface area contributed by atoms with Gasteiger partial charge < -0.3 is 14.9 Å². The van der Waals surface area contributed by atoms with Gasteiger partial charge >= 0.3 is 0 Å². The molecule has 0 aromatic heterocycles. The molecule has 1 heterocycles. The first-order chi connectivity index (χ1) is 18.2. The smallest absolute Gasteiger partial charge is 0.264 e. The van der Waals surface area contributed by atoms with Crippen LogP contribution in [0.25, 0.3) is 0 Å². The van der Waals surface area contributed by atoms with Gasteiger partial charge in [-0.2, -0.15) is 0 Å². The number of hydrogen-bond donors (Lipinski definition) is 2. The molecular weight excluding hydrogens is 498 g/mol. The van der Waals surface area contributed by atoms with Gasteiger partial charge in [0.05, 0.1) is 29.7 Å². The van der Waals surface area contributed by atoms with Gasteiger partial charge in [0.25, 0.3) is 10.0 Å². The molecule has 2 fully saturated rings. The molecule has 0 amide bonds. The molecule has 3 aromatic rings. The maximum absolute atomic E-state index is 14.4. The first-order valence-electron chi connectivity index (χ1n) is 13.1. The summed E-state index contributed by atoms with van der Waals surface area (Å²) in [6.45, 7) is 4.08. The van der Waals surface area contributed by atoms with Crippen molar-refractivity contribution in [2.24, 2.45) is 29.6 Å². The highest BCUT2D eigenvalue weighted by atomic mass is 32.2. The number of ether oxygens (including phenoxy) is 1. The minimum atomic E-state index is -4.01. The lowest BCUT2D eigenvalue weighted by Gasteiger charge is -2.42. The van der Waals surface area contributed by atoms with Crippen molar-refractivity contribution in [1.29, 1.82) is 0 Å². The highest BCUT2D eigenvalue weighted by Crippen LogP contribution is 2.68. The molecule has 7 atom stereocenters. The maximum atomic E-state index is 14.4. The minimum Gasteiger partial charge on any atom is -0.499 e. The Labute approximate surface area is 224 Å². The molecule has 38 heavy (non-hydrogen) atoms. The second-order valence-corrected chi connectivity index (χ2v) is 12.7. The van der Waals surface area contributed by atoms with Crippen LogP contribution in [-0.4, -0.2) is 35.8 Å². The zero-order valence-corrected chi connectivity index (χ0v) is 22.5. The van der Waals surface area contributed by atoms with E-state index in [0.717, 1.165) is 11.1 Å². The summed E-state index contributed by atoms with van der Waals surface area (Å²) in [4.78, 5) is 0.196. The molecule has 6 rings (SSSR count). The van der Waals surface area contributed by atoms with Crippen LogP contribution in [0.4, 0.5) is 0 Å². The first-order valence-corrected chi connectivity index (χ1v) is 14.6. The van der Waals surface area contributed by atoms with Gasteiger partial charge in [-0.05, 0) is 35.1 Å². The second kappa shape index (κ2) is 8.97. The molecule has 2 N–H and O–H groups in total. The van der Waals surface area contributed by atoms with Crippen LogP contribution >= 0.6 is 0 Å². The molecule has 6 unspecified atom stereocenters. The summed E-state index contributed by atoms with van der Waals surface area (Å²) in [5.74, 6) is -4.15. The van der Waals surface area contributed by atoms with Crippen molar-refractivity contribution < 1.29 is 23.4 Å². The predicted octanol–water partition coefficient (Wildman–Crippen LogP) is 4.90. The highest BCUT2D eigenvalue weighted by Gasteiger charge is 2.70. The summed E-state index contributed by atoms with van der Waals surface area (Å²) in [6, 6.07) is 27.4. The zero-order chi connectivity index (χ0) is 26.8. The fraction of sp³-hybridized carbons (Fsp3) is 0.355. The van der Waals surface area contributed by atoms with Crippen molar-refractivity contribution in [2.75, 3.05) is 7.11 Å². The topological polar surface area (TPSA) is 87.1 Å². The van der Waals surface area contributed by atoms with Crippen molar-refractivity contribution in [3.8, 4) is 0 Å². The summed E-state index contributed by atoms with van der Waals surface area (Å²) < 4.78 is 36.4. The zero-order valence-electron chi connectivity index (χ0n) is 21.7. The molecule has 198 valence electrons. The Bertz CT molecular complexity index is 1460. The van der Waals surface area contributed by atoms with E-state index in [9.17, 15) is 18.6 Å². The third-order valence-electron chi connectivity index (χ3n) is 9.08. The molecule has 1 saturated heterocycles. The van der Waals surface area contributed by atoms with Crippen LogP contribution in [-0.2, 0) is 14.8 Å². The number of aliphatic hydroxyl groups is 2. The summed E-state index contributed by atoms with van der Waals surface area (Å²) >= 11 is 0. The van der Waals surface area contributed by atoms with E-state index in [-0.39, 0.29) is 22.6 Å². The van der Waals surface area contributed by atoms with Crippen molar-refractivity contribution >= 4 is 10.0 Å². The lowest BCUT2D eigenvalue weighted by Crippen LogP contribution is -2.50. The Morgan fingerprint density at radius 1 is 0.763 bits per heavy atom. The maximum Gasteiger partial charge on any atom is 0.264 e. The van der Waals surface area contributed by atoms with E-state index in [4.69, 9.17) is 4.74 Å². The van der Waals surface area contributed by atoms with Gasteiger partial charge in [-0.3, -0.25) is 4.31 Å².